The van der Waals surface area contributed by atoms with Gasteiger partial charge in [0.15, 0.2) is 0 Å². The van der Waals surface area contributed by atoms with Gasteiger partial charge in [0, 0.05) is 24.0 Å². The van der Waals surface area contributed by atoms with Gasteiger partial charge in [-0.3, -0.25) is 4.79 Å². The minimum absolute atomic E-state index is 0.0607. The fourth-order valence-electron chi connectivity index (χ4n) is 1.80. The number of nitrogens with zero attached hydrogens (tertiary/aromatic N) is 2. The monoisotopic (exact) mass is 308 g/mol. The van der Waals surface area contributed by atoms with Crippen molar-refractivity contribution in [2.24, 2.45) is 0 Å². The number of aromatic nitrogens is 1. The van der Waals surface area contributed by atoms with Crippen molar-refractivity contribution < 1.29 is 9.90 Å². The van der Waals surface area contributed by atoms with E-state index in [0.717, 1.165) is 16.3 Å². The summed E-state index contributed by atoms with van der Waals surface area (Å²) in [6, 6.07) is 1.99. The average molecular weight is 308 g/mol. The predicted molar refractivity (Wildman–Crippen MR) is 83.4 cm³/mol. The van der Waals surface area contributed by atoms with Gasteiger partial charge in [0.25, 0.3) is 5.91 Å². The Labute approximate surface area is 126 Å². The van der Waals surface area contributed by atoms with Crippen molar-refractivity contribution in [2.75, 3.05) is 19.7 Å². The molecule has 6 heteroatoms. The lowest BCUT2D eigenvalue weighted by Crippen LogP contribution is -2.33. The van der Waals surface area contributed by atoms with Crippen LogP contribution in [0.15, 0.2) is 29.5 Å². The van der Waals surface area contributed by atoms with Gasteiger partial charge in [-0.15, -0.1) is 17.9 Å². The van der Waals surface area contributed by atoms with Crippen molar-refractivity contribution in [3.8, 4) is 10.6 Å². The summed E-state index contributed by atoms with van der Waals surface area (Å²) >= 11 is 3.00. The smallest absolute Gasteiger partial charge is 0.266 e. The lowest BCUT2D eigenvalue weighted by Gasteiger charge is -2.19. The highest BCUT2D eigenvalue weighted by atomic mass is 32.1. The summed E-state index contributed by atoms with van der Waals surface area (Å²) in [5.74, 6) is -0.101. The number of hydrogen-bond acceptors (Lipinski definition) is 5. The van der Waals surface area contributed by atoms with E-state index in [4.69, 9.17) is 5.11 Å². The van der Waals surface area contributed by atoms with Crippen LogP contribution in [-0.4, -0.2) is 40.6 Å². The molecule has 0 unspecified atom stereocenters. The molecule has 0 radical (unpaired) electrons. The SMILES string of the molecule is C=CCN(CCO)C(=O)c1sc(-c2ccsc2)nc1C. The Balaban J connectivity index is 2.27. The largest absolute Gasteiger partial charge is 0.395 e. The van der Waals surface area contributed by atoms with E-state index in [1.165, 1.54) is 11.3 Å². The molecule has 2 aromatic rings. The van der Waals surface area contributed by atoms with Gasteiger partial charge in [-0.05, 0) is 18.4 Å². The molecular weight excluding hydrogens is 292 g/mol. The van der Waals surface area contributed by atoms with E-state index in [2.05, 4.69) is 11.6 Å². The van der Waals surface area contributed by atoms with Crippen LogP contribution in [0.1, 0.15) is 15.4 Å². The van der Waals surface area contributed by atoms with Gasteiger partial charge in [0.05, 0.1) is 12.3 Å². The second-order valence-electron chi connectivity index (χ2n) is 4.21. The third-order valence-corrected chi connectivity index (χ3v) is 4.64. The molecule has 0 aliphatic heterocycles. The highest BCUT2D eigenvalue weighted by Gasteiger charge is 2.21. The molecule has 4 nitrogen and oxygen atoms in total. The summed E-state index contributed by atoms with van der Waals surface area (Å²) in [4.78, 5) is 19.1. The number of hydrogen-bond donors (Lipinski definition) is 1. The molecule has 106 valence electrons. The summed E-state index contributed by atoms with van der Waals surface area (Å²) in [6.45, 7) is 6.14. The molecule has 2 aromatic heterocycles. The van der Waals surface area contributed by atoms with Crippen LogP contribution in [0.4, 0.5) is 0 Å². The van der Waals surface area contributed by atoms with Gasteiger partial charge in [0.2, 0.25) is 0 Å². The maximum Gasteiger partial charge on any atom is 0.266 e. The molecule has 20 heavy (non-hydrogen) atoms. The molecule has 0 aliphatic rings. The van der Waals surface area contributed by atoms with E-state index >= 15 is 0 Å². The summed E-state index contributed by atoms with van der Waals surface area (Å²) in [6.07, 6.45) is 1.66. The number of aliphatic hydroxyl groups excluding tert-OH is 1. The summed E-state index contributed by atoms with van der Waals surface area (Å²) in [7, 11) is 0. The molecule has 1 N–H and O–H groups in total. The maximum atomic E-state index is 12.5. The second kappa shape index (κ2) is 6.78. The first-order chi connectivity index (χ1) is 9.67. The summed E-state index contributed by atoms with van der Waals surface area (Å²) in [5, 5.41) is 13.9. The lowest BCUT2D eigenvalue weighted by molar-refractivity contribution is 0.0746. The number of thiazole rings is 1. The van der Waals surface area contributed by atoms with E-state index in [-0.39, 0.29) is 12.5 Å². The molecule has 0 fully saturated rings. The van der Waals surface area contributed by atoms with Crippen LogP contribution in [-0.2, 0) is 0 Å². The first-order valence-electron chi connectivity index (χ1n) is 6.18. The van der Waals surface area contributed by atoms with E-state index in [0.29, 0.717) is 18.0 Å². The third kappa shape index (κ3) is 3.15. The van der Waals surface area contributed by atoms with Crippen LogP contribution in [0.25, 0.3) is 10.6 Å². The first-order valence-corrected chi connectivity index (χ1v) is 7.94. The van der Waals surface area contributed by atoms with E-state index in [9.17, 15) is 4.79 Å². The number of rotatable bonds is 6. The number of amides is 1. The zero-order valence-corrected chi connectivity index (χ0v) is 12.8. The van der Waals surface area contributed by atoms with Crippen LogP contribution in [0.2, 0.25) is 0 Å². The van der Waals surface area contributed by atoms with Gasteiger partial charge in [0.1, 0.15) is 9.88 Å². The fraction of sp³-hybridized carbons (Fsp3) is 0.286. The Bertz CT molecular complexity index is 590. The van der Waals surface area contributed by atoms with E-state index in [1.54, 1.807) is 22.3 Å². The molecule has 2 heterocycles. The van der Waals surface area contributed by atoms with Gasteiger partial charge in [-0.25, -0.2) is 4.98 Å². The topological polar surface area (TPSA) is 53.4 Å². The Morgan fingerprint density at radius 1 is 1.60 bits per heavy atom. The fourth-order valence-corrected chi connectivity index (χ4v) is 3.55. The van der Waals surface area contributed by atoms with Crippen molar-refractivity contribution in [3.05, 3.63) is 40.1 Å². The van der Waals surface area contributed by atoms with Crippen molar-refractivity contribution in [2.45, 2.75) is 6.92 Å². The van der Waals surface area contributed by atoms with Gasteiger partial charge >= 0.3 is 0 Å². The number of thiophene rings is 1. The van der Waals surface area contributed by atoms with Gasteiger partial charge in [-0.2, -0.15) is 11.3 Å². The first kappa shape index (κ1) is 14.9. The normalized spacial score (nSPS) is 10.5. The minimum Gasteiger partial charge on any atom is -0.395 e. The van der Waals surface area contributed by atoms with Crippen LogP contribution in [0, 0.1) is 6.92 Å². The minimum atomic E-state index is -0.101. The standard InChI is InChI=1S/C14H16N2O2S2/c1-3-5-16(6-7-17)14(18)12-10(2)15-13(20-12)11-4-8-19-9-11/h3-4,8-9,17H,1,5-7H2,2H3. The summed E-state index contributed by atoms with van der Waals surface area (Å²) < 4.78 is 0. The molecule has 0 bridgehead atoms. The predicted octanol–water partition coefficient (Wildman–Crippen LogP) is 2.80. The molecular formula is C14H16N2O2S2. The maximum absolute atomic E-state index is 12.5. The molecule has 0 saturated heterocycles. The summed E-state index contributed by atoms with van der Waals surface area (Å²) in [5.41, 5.74) is 1.77. The Kier molecular flexibility index (Phi) is 5.05. The molecule has 0 saturated carbocycles. The number of aliphatic hydroxyl groups is 1. The van der Waals surface area contributed by atoms with Crippen molar-refractivity contribution in [3.63, 3.8) is 0 Å². The highest BCUT2D eigenvalue weighted by molar-refractivity contribution is 7.17. The lowest BCUT2D eigenvalue weighted by atomic mass is 10.3. The zero-order chi connectivity index (χ0) is 14.5. The highest BCUT2D eigenvalue weighted by Crippen LogP contribution is 2.30. The molecule has 2 rings (SSSR count). The molecule has 1 amide bonds. The molecule has 0 spiro atoms. The Morgan fingerprint density at radius 2 is 2.40 bits per heavy atom. The van der Waals surface area contributed by atoms with Gasteiger partial charge < -0.3 is 10.0 Å². The second-order valence-corrected chi connectivity index (χ2v) is 5.99. The zero-order valence-electron chi connectivity index (χ0n) is 11.2. The van der Waals surface area contributed by atoms with Crippen molar-refractivity contribution >= 4 is 28.6 Å². The van der Waals surface area contributed by atoms with Crippen LogP contribution < -0.4 is 0 Å². The van der Waals surface area contributed by atoms with Crippen molar-refractivity contribution in [1.29, 1.82) is 0 Å². The van der Waals surface area contributed by atoms with Crippen LogP contribution in [0.5, 0.6) is 0 Å². The number of aryl methyl sites for hydroxylation is 1. The molecule has 0 aromatic carbocycles. The van der Waals surface area contributed by atoms with E-state index in [1.807, 2.05) is 23.8 Å². The van der Waals surface area contributed by atoms with Crippen molar-refractivity contribution in [1.82, 2.24) is 9.88 Å². The molecule has 0 aliphatic carbocycles. The number of carbonyl (C=O) groups excluding carboxylic acids is 1. The van der Waals surface area contributed by atoms with E-state index < -0.39 is 0 Å². The van der Waals surface area contributed by atoms with Crippen LogP contribution in [0.3, 0.4) is 0 Å². The Morgan fingerprint density at radius 3 is 3.00 bits per heavy atom. The average Bonchev–Trinajstić information content (AvgIpc) is 3.06. The number of carbonyl (C=O) groups is 1. The quantitative estimate of drug-likeness (QED) is 0.835. The third-order valence-electron chi connectivity index (χ3n) is 2.77. The van der Waals surface area contributed by atoms with Gasteiger partial charge in [-0.1, -0.05) is 6.08 Å². The Hall–Kier alpha value is -1.50. The van der Waals surface area contributed by atoms with Crippen LogP contribution >= 0.6 is 22.7 Å². The molecule has 0 atom stereocenters.